The van der Waals surface area contributed by atoms with Crippen LogP contribution in [0.3, 0.4) is 0 Å². The molecule has 1 aromatic rings. The second-order valence-corrected chi connectivity index (χ2v) is 5.44. The molecular weight excluding hydrogens is 232 g/mol. The molecule has 1 aliphatic rings. The molecule has 0 spiro atoms. The van der Waals surface area contributed by atoms with Gasteiger partial charge in [0.1, 0.15) is 0 Å². The minimum atomic E-state index is 0.192. The van der Waals surface area contributed by atoms with Gasteiger partial charge in [-0.3, -0.25) is 4.79 Å². The zero-order valence-corrected chi connectivity index (χ0v) is 11.1. The molecule has 92 valence electrons. The van der Waals surface area contributed by atoms with Crippen LogP contribution in [-0.2, 0) is 0 Å². The molecule has 0 unspecified atom stereocenters. The van der Waals surface area contributed by atoms with Crippen molar-refractivity contribution in [3.63, 3.8) is 0 Å². The molecule has 0 radical (unpaired) electrons. The van der Waals surface area contributed by atoms with Crippen molar-refractivity contribution in [2.45, 2.75) is 45.4 Å². The molecule has 0 N–H and O–H groups in total. The summed E-state index contributed by atoms with van der Waals surface area (Å²) in [6.07, 6.45) is 6.96. The fourth-order valence-corrected chi connectivity index (χ4v) is 2.91. The molecule has 1 saturated carbocycles. The van der Waals surface area contributed by atoms with Gasteiger partial charge in [-0.05, 0) is 37.5 Å². The van der Waals surface area contributed by atoms with E-state index in [4.69, 9.17) is 11.6 Å². The highest BCUT2D eigenvalue weighted by atomic mass is 35.5. The first-order valence-electron chi connectivity index (χ1n) is 6.49. The lowest BCUT2D eigenvalue weighted by Crippen LogP contribution is -2.14. The third kappa shape index (κ3) is 3.10. The van der Waals surface area contributed by atoms with Gasteiger partial charge in [0.05, 0.1) is 5.02 Å². The smallest absolute Gasteiger partial charge is 0.167 e. The van der Waals surface area contributed by atoms with E-state index in [0.717, 1.165) is 18.4 Å². The van der Waals surface area contributed by atoms with Crippen LogP contribution in [0.25, 0.3) is 0 Å². The maximum atomic E-state index is 12.4. The minimum absolute atomic E-state index is 0.192. The topological polar surface area (TPSA) is 17.1 Å². The molecule has 0 atom stereocenters. The van der Waals surface area contributed by atoms with Crippen molar-refractivity contribution < 1.29 is 4.79 Å². The third-order valence-corrected chi connectivity index (χ3v) is 3.93. The van der Waals surface area contributed by atoms with E-state index in [1.807, 2.05) is 25.1 Å². The lowest BCUT2D eigenvalue weighted by atomic mass is 9.91. The van der Waals surface area contributed by atoms with E-state index in [2.05, 4.69) is 0 Å². The molecule has 1 aromatic carbocycles. The second kappa shape index (κ2) is 5.68. The largest absolute Gasteiger partial charge is 0.294 e. The Labute approximate surface area is 108 Å². The average Bonchev–Trinajstić information content (AvgIpc) is 2.56. The number of halogens is 1. The number of ketones is 1. The molecule has 0 bridgehead atoms. The van der Waals surface area contributed by atoms with Crippen LogP contribution in [0.15, 0.2) is 18.2 Å². The van der Waals surface area contributed by atoms with Gasteiger partial charge in [-0.2, -0.15) is 0 Å². The summed E-state index contributed by atoms with van der Waals surface area (Å²) in [7, 11) is 0. The highest BCUT2D eigenvalue weighted by molar-refractivity contribution is 6.34. The Bertz CT molecular complexity index is 403. The third-order valence-electron chi connectivity index (χ3n) is 3.62. The van der Waals surface area contributed by atoms with Crippen molar-refractivity contribution in [2.24, 2.45) is 5.92 Å². The number of aryl methyl sites for hydroxylation is 1. The van der Waals surface area contributed by atoms with E-state index in [1.165, 1.54) is 25.7 Å². The van der Waals surface area contributed by atoms with Gasteiger partial charge in [0.15, 0.2) is 5.78 Å². The van der Waals surface area contributed by atoms with E-state index >= 15 is 0 Å². The second-order valence-electron chi connectivity index (χ2n) is 5.04. The van der Waals surface area contributed by atoms with Crippen LogP contribution >= 0.6 is 11.6 Å². The van der Waals surface area contributed by atoms with Crippen molar-refractivity contribution in [2.75, 3.05) is 0 Å². The Morgan fingerprint density at radius 2 is 1.82 bits per heavy atom. The molecule has 0 aromatic heterocycles. The average molecular weight is 251 g/mol. The molecule has 0 aliphatic heterocycles. The number of rotatable bonds is 2. The molecule has 1 fully saturated rings. The van der Waals surface area contributed by atoms with E-state index in [9.17, 15) is 4.79 Å². The first-order valence-corrected chi connectivity index (χ1v) is 6.86. The Morgan fingerprint density at radius 1 is 1.18 bits per heavy atom. The first kappa shape index (κ1) is 12.6. The fourth-order valence-electron chi connectivity index (χ4n) is 2.58. The number of hydrogen-bond donors (Lipinski definition) is 0. The SMILES string of the molecule is Cc1ccc(C(=O)C2CCCCCC2)c(Cl)c1. The van der Waals surface area contributed by atoms with Crippen molar-refractivity contribution in [3.8, 4) is 0 Å². The van der Waals surface area contributed by atoms with E-state index < -0.39 is 0 Å². The van der Waals surface area contributed by atoms with Crippen LogP contribution in [0.2, 0.25) is 5.02 Å². The van der Waals surface area contributed by atoms with Crippen LogP contribution in [-0.4, -0.2) is 5.78 Å². The van der Waals surface area contributed by atoms with E-state index in [-0.39, 0.29) is 11.7 Å². The normalized spacial score (nSPS) is 17.8. The molecule has 0 saturated heterocycles. The lowest BCUT2D eigenvalue weighted by molar-refractivity contribution is 0.0908. The van der Waals surface area contributed by atoms with Crippen molar-refractivity contribution in [1.29, 1.82) is 0 Å². The van der Waals surface area contributed by atoms with Crippen molar-refractivity contribution in [3.05, 3.63) is 34.3 Å². The highest BCUT2D eigenvalue weighted by Crippen LogP contribution is 2.28. The van der Waals surface area contributed by atoms with Gasteiger partial charge in [-0.25, -0.2) is 0 Å². The summed E-state index contributed by atoms with van der Waals surface area (Å²) in [6, 6.07) is 5.73. The maximum Gasteiger partial charge on any atom is 0.167 e. The van der Waals surface area contributed by atoms with Gasteiger partial charge in [-0.15, -0.1) is 0 Å². The summed E-state index contributed by atoms with van der Waals surface area (Å²) in [5.74, 6) is 0.439. The molecule has 1 nitrogen and oxygen atoms in total. The summed E-state index contributed by atoms with van der Waals surface area (Å²) in [4.78, 5) is 12.4. The van der Waals surface area contributed by atoms with Gasteiger partial charge >= 0.3 is 0 Å². The van der Waals surface area contributed by atoms with Crippen LogP contribution in [0, 0.1) is 12.8 Å². The summed E-state index contributed by atoms with van der Waals surface area (Å²) in [5, 5.41) is 0.610. The van der Waals surface area contributed by atoms with Gasteiger partial charge < -0.3 is 0 Å². The number of carbonyl (C=O) groups excluding carboxylic acids is 1. The number of hydrogen-bond acceptors (Lipinski definition) is 1. The molecule has 2 heteroatoms. The van der Waals surface area contributed by atoms with Gasteiger partial charge in [-0.1, -0.05) is 43.4 Å². The molecule has 17 heavy (non-hydrogen) atoms. The van der Waals surface area contributed by atoms with Gasteiger partial charge in [0.2, 0.25) is 0 Å². The molecule has 0 heterocycles. The fraction of sp³-hybridized carbons (Fsp3) is 0.533. The molecule has 0 amide bonds. The Kier molecular flexibility index (Phi) is 4.22. The van der Waals surface area contributed by atoms with Crippen LogP contribution in [0.5, 0.6) is 0 Å². The zero-order valence-electron chi connectivity index (χ0n) is 10.3. The Morgan fingerprint density at radius 3 is 2.41 bits per heavy atom. The summed E-state index contributed by atoms with van der Waals surface area (Å²) >= 11 is 6.16. The van der Waals surface area contributed by atoms with Crippen molar-refractivity contribution >= 4 is 17.4 Å². The predicted molar refractivity (Wildman–Crippen MR) is 71.7 cm³/mol. The standard InChI is InChI=1S/C15H19ClO/c1-11-8-9-13(14(16)10-11)15(17)12-6-4-2-3-5-7-12/h8-10,12H,2-7H2,1H3. The monoisotopic (exact) mass is 250 g/mol. The number of carbonyl (C=O) groups is 1. The maximum absolute atomic E-state index is 12.4. The lowest BCUT2D eigenvalue weighted by Gasteiger charge is -2.13. The Balaban J connectivity index is 2.17. The first-order chi connectivity index (χ1) is 8.18. The minimum Gasteiger partial charge on any atom is -0.294 e. The van der Waals surface area contributed by atoms with Crippen LogP contribution in [0.4, 0.5) is 0 Å². The Hall–Kier alpha value is -0.820. The number of benzene rings is 1. The summed E-state index contributed by atoms with van der Waals surface area (Å²) in [6.45, 7) is 1.99. The van der Waals surface area contributed by atoms with Gasteiger partial charge in [0, 0.05) is 11.5 Å². The number of Topliss-reactive ketones (excluding diaryl/α,β-unsaturated/α-hetero) is 1. The zero-order chi connectivity index (χ0) is 12.3. The summed E-state index contributed by atoms with van der Waals surface area (Å²) in [5.41, 5.74) is 1.82. The highest BCUT2D eigenvalue weighted by Gasteiger charge is 2.22. The van der Waals surface area contributed by atoms with Crippen LogP contribution in [0.1, 0.15) is 54.4 Å². The van der Waals surface area contributed by atoms with E-state index in [1.54, 1.807) is 0 Å². The molecule has 1 aliphatic carbocycles. The van der Waals surface area contributed by atoms with Gasteiger partial charge in [0.25, 0.3) is 0 Å². The quantitative estimate of drug-likeness (QED) is 0.544. The predicted octanol–water partition coefficient (Wildman–Crippen LogP) is 4.80. The van der Waals surface area contributed by atoms with Crippen LogP contribution < -0.4 is 0 Å². The summed E-state index contributed by atoms with van der Waals surface area (Å²) < 4.78 is 0. The molecule has 2 rings (SSSR count). The van der Waals surface area contributed by atoms with Crippen molar-refractivity contribution in [1.82, 2.24) is 0 Å². The molecular formula is C15H19ClO. The van der Waals surface area contributed by atoms with E-state index in [0.29, 0.717) is 10.6 Å².